The van der Waals surface area contributed by atoms with E-state index in [-0.39, 0.29) is 23.6 Å². The molecule has 6 nitrogen and oxygen atoms in total. The maximum absolute atomic E-state index is 12.2. The molecule has 0 saturated heterocycles. The van der Waals surface area contributed by atoms with Gasteiger partial charge in [-0.3, -0.25) is 9.59 Å². The van der Waals surface area contributed by atoms with E-state index in [1.54, 1.807) is 24.3 Å². The molecule has 2 rings (SSSR count). The molecule has 0 aliphatic carbocycles. The van der Waals surface area contributed by atoms with E-state index in [9.17, 15) is 19.8 Å². The summed E-state index contributed by atoms with van der Waals surface area (Å²) in [5.74, 6) is -1.31. The highest BCUT2D eigenvalue weighted by atomic mass is 79.9. The van der Waals surface area contributed by atoms with Gasteiger partial charge in [-0.25, -0.2) is 0 Å². The number of hydrogen-bond acceptors (Lipinski definition) is 5. The Morgan fingerprint density at radius 3 is 2.44 bits per heavy atom. The van der Waals surface area contributed by atoms with Gasteiger partial charge in [0.1, 0.15) is 11.5 Å². The van der Waals surface area contributed by atoms with E-state index < -0.39 is 17.8 Å². The van der Waals surface area contributed by atoms with Crippen LogP contribution in [0.5, 0.6) is 11.5 Å². The van der Waals surface area contributed by atoms with Crippen LogP contribution < -0.4 is 5.32 Å². The van der Waals surface area contributed by atoms with Crippen molar-refractivity contribution in [1.29, 1.82) is 0 Å². The largest absolute Gasteiger partial charge is 0.508 e. The topological polar surface area (TPSA) is 95.9 Å². The number of phenolic OH excluding ortho intramolecular Hbond substituents is 2. The Kier molecular flexibility index (Phi) is 6.41. The molecule has 0 radical (unpaired) electrons. The normalized spacial score (nSPS) is 11.6. The number of benzene rings is 2. The van der Waals surface area contributed by atoms with Crippen LogP contribution in [0, 0.1) is 5.92 Å². The maximum atomic E-state index is 12.2. The summed E-state index contributed by atoms with van der Waals surface area (Å²) in [5.41, 5.74) is 1.12. The van der Waals surface area contributed by atoms with Crippen molar-refractivity contribution < 1.29 is 24.5 Å². The zero-order chi connectivity index (χ0) is 18.4. The number of carbonyl (C=O) groups excluding carboxylic acids is 2. The van der Waals surface area contributed by atoms with Crippen molar-refractivity contribution in [2.75, 3.05) is 13.7 Å². The van der Waals surface area contributed by atoms with E-state index in [4.69, 9.17) is 4.74 Å². The second kappa shape index (κ2) is 8.53. The number of ether oxygens (including phenoxy) is 1. The minimum Gasteiger partial charge on any atom is -0.508 e. The number of carbonyl (C=O) groups is 2. The molecule has 0 aliphatic heterocycles. The van der Waals surface area contributed by atoms with E-state index in [0.29, 0.717) is 10.9 Å². The van der Waals surface area contributed by atoms with Crippen molar-refractivity contribution in [1.82, 2.24) is 5.32 Å². The van der Waals surface area contributed by atoms with Gasteiger partial charge in [0.2, 0.25) is 0 Å². The number of rotatable bonds is 6. The molecule has 7 heteroatoms. The second-order valence-electron chi connectivity index (χ2n) is 5.47. The summed E-state index contributed by atoms with van der Waals surface area (Å²) >= 11 is 3.15. The van der Waals surface area contributed by atoms with Gasteiger partial charge in [0.25, 0.3) is 5.91 Å². The van der Waals surface area contributed by atoms with Gasteiger partial charge in [-0.1, -0.05) is 12.1 Å². The fourth-order valence-electron chi connectivity index (χ4n) is 2.29. The fraction of sp³-hybridized carbons (Fsp3) is 0.222. The van der Waals surface area contributed by atoms with Crippen LogP contribution in [0.25, 0.3) is 0 Å². The monoisotopic (exact) mass is 407 g/mol. The molecule has 0 bridgehead atoms. The highest BCUT2D eigenvalue weighted by molar-refractivity contribution is 9.10. The van der Waals surface area contributed by atoms with Crippen LogP contribution in [-0.4, -0.2) is 35.7 Å². The van der Waals surface area contributed by atoms with E-state index in [2.05, 4.69) is 21.2 Å². The van der Waals surface area contributed by atoms with Crippen LogP contribution in [-0.2, 0) is 16.0 Å². The lowest BCUT2D eigenvalue weighted by molar-refractivity contribution is -0.145. The summed E-state index contributed by atoms with van der Waals surface area (Å²) in [6, 6.07) is 11.0. The third kappa shape index (κ3) is 5.22. The number of amides is 1. The van der Waals surface area contributed by atoms with E-state index in [1.165, 1.54) is 25.3 Å². The Hall–Kier alpha value is -2.54. The molecule has 0 spiro atoms. The number of aromatic hydroxyl groups is 2. The van der Waals surface area contributed by atoms with Gasteiger partial charge in [-0.15, -0.1) is 0 Å². The summed E-state index contributed by atoms with van der Waals surface area (Å²) in [6.45, 7) is 0.0865. The summed E-state index contributed by atoms with van der Waals surface area (Å²) in [4.78, 5) is 24.2. The molecule has 2 aromatic carbocycles. The van der Waals surface area contributed by atoms with Crippen molar-refractivity contribution in [3.63, 3.8) is 0 Å². The second-order valence-corrected chi connectivity index (χ2v) is 6.32. The summed E-state index contributed by atoms with van der Waals surface area (Å²) in [6.07, 6.45) is 0.360. The summed E-state index contributed by atoms with van der Waals surface area (Å²) in [5, 5.41) is 21.6. The van der Waals surface area contributed by atoms with Crippen LogP contribution in [0.15, 0.2) is 46.9 Å². The summed E-state index contributed by atoms with van der Waals surface area (Å²) < 4.78 is 5.28. The molecule has 1 unspecified atom stereocenters. The van der Waals surface area contributed by atoms with Gasteiger partial charge >= 0.3 is 5.97 Å². The first-order valence-corrected chi connectivity index (χ1v) is 8.32. The molecule has 132 valence electrons. The molecule has 0 aromatic heterocycles. The third-order valence-corrected chi connectivity index (χ3v) is 4.34. The Balaban J connectivity index is 2.03. The van der Waals surface area contributed by atoms with Gasteiger partial charge in [0.05, 0.1) is 17.5 Å². The Morgan fingerprint density at radius 2 is 1.84 bits per heavy atom. The van der Waals surface area contributed by atoms with Crippen LogP contribution in [0.3, 0.4) is 0 Å². The quantitative estimate of drug-likeness (QED) is 0.639. The van der Waals surface area contributed by atoms with Gasteiger partial charge < -0.3 is 20.3 Å². The van der Waals surface area contributed by atoms with Crippen LogP contribution in [0.1, 0.15) is 15.9 Å². The predicted octanol–water partition coefficient (Wildman–Crippen LogP) is 2.62. The van der Waals surface area contributed by atoms with E-state index >= 15 is 0 Å². The molecule has 3 N–H and O–H groups in total. The number of hydrogen-bond donors (Lipinski definition) is 3. The van der Waals surface area contributed by atoms with Gasteiger partial charge in [-0.05, 0) is 58.2 Å². The van der Waals surface area contributed by atoms with Gasteiger partial charge in [-0.2, -0.15) is 0 Å². The average Bonchev–Trinajstić information content (AvgIpc) is 2.61. The van der Waals surface area contributed by atoms with Crippen molar-refractivity contribution in [2.24, 2.45) is 5.92 Å². The maximum Gasteiger partial charge on any atom is 0.310 e. The molecular formula is C18H18BrNO5. The lowest BCUT2D eigenvalue weighted by atomic mass is 9.99. The van der Waals surface area contributed by atoms with Crippen molar-refractivity contribution in [2.45, 2.75) is 6.42 Å². The molecule has 1 atom stereocenters. The predicted molar refractivity (Wildman–Crippen MR) is 95.5 cm³/mol. The Labute approximate surface area is 153 Å². The van der Waals surface area contributed by atoms with Crippen molar-refractivity contribution in [3.05, 3.63) is 58.1 Å². The number of esters is 1. The first-order valence-electron chi connectivity index (χ1n) is 7.53. The van der Waals surface area contributed by atoms with E-state index in [0.717, 1.165) is 5.56 Å². The van der Waals surface area contributed by atoms with Gasteiger partial charge in [0.15, 0.2) is 0 Å². The third-order valence-electron chi connectivity index (χ3n) is 3.67. The average molecular weight is 408 g/mol. The molecule has 2 aromatic rings. The number of halogens is 1. The lowest BCUT2D eigenvalue weighted by Gasteiger charge is -2.16. The summed E-state index contributed by atoms with van der Waals surface area (Å²) in [7, 11) is 1.29. The molecule has 0 fully saturated rings. The van der Waals surface area contributed by atoms with Crippen LogP contribution in [0.4, 0.5) is 0 Å². The highest BCUT2D eigenvalue weighted by Gasteiger charge is 2.21. The lowest BCUT2D eigenvalue weighted by Crippen LogP contribution is -2.34. The molecule has 0 heterocycles. The standard InChI is InChI=1S/C18H18BrNO5/c1-25-18(24)13(8-11-2-5-14(21)6-3-11)10-20-17(23)12-4-7-15(19)16(22)9-12/h2-7,9,13,21-22H,8,10H2,1H3,(H,20,23). The minimum absolute atomic E-state index is 0.0405. The first-order chi connectivity index (χ1) is 11.9. The Morgan fingerprint density at radius 1 is 1.16 bits per heavy atom. The molecule has 0 aliphatic rings. The molecule has 0 saturated carbocycles. The fourth-order valence-corrected chi connectivity index (χ4v) is 2.54. The number of methoxy groups -OCH3 is 1. The van der Waals surface area contributed by atoms with E-state index in [1.807, 2.05) is 0 Å². The number of nitrogens with one attached hydrogen (secondary N) is 1. The highest BCUT2D eigenvalue weighted by Crippen LogP contribution is 2.24. The molecular weight excluding hydrogens is 390 g/mol. The smallest absolute Gasteiger partial charge is 0.310 e. The van der Waals surface area contributed by atoms with Crippen LogP contribution in [0.2, 0.25) is 0 Å². The van der Waals surface area contributed by atoms with Crippen molar-refractivity contribution >= 4 is 27.8 Å². The minimum atomic E-state index is -0.567. The van der Waals surface area contributed by atoms with Gasteiger partial charge in [0, 0.05) is 12.1 Å². The zero-order valence-electron chi connectivity index (χ0n) is 13.5. The molecule has 25 heavy (non-hydrogen) atoms. The first kappa shape index (κ1) is 18.8. The van der Waals surface area contributed by atoms with Crippen LogP contribution >= 0.6 is 15.9 Å². The van der Waals surface area contributed by atoms with Crippen molar-refractivity contribution in [3.8, 4) is 11.5 Å². The SMILES string of the molecule is COC(=O)C(CNC(=O)c1ccc(Br)c(O)c1)Cc1ccc(O)cc1. The zero-order valence-corrected chi connectivity index (χ0v) is 15.1. The Bertz CT molecular complexity index is 761. The molecule has 1 amide bonds. The number of phenols is 2.